The molecule has 6 heteroatoms. The highest BCUT2D eigenvalue weighted by Crippen LogP contribution is 2.20. The van der Waals surface area contributed by atoms with Crippen LogP contribution < -0.4 is 16.4 Å². The summed E-state index contributed by atoms with van der Waals surface area (Å²) in [5.41, 5.74) is 7.59. The maximum Gasteiger partial charge on any atom is 0.419 e. The second kappa shape index (κ2) is 5.46. The molecule has 0 aliphatic carbocycles. The lowest BCUT2D eigenvalue weighted by molar-refractivity contribution is 0.174. The van der Waals surface area contributed by atoms with E-state index in [1.165, 1.54) is 4.57 Å². The standard InChI is InChI=1S/C13H19N3O3/c1-15(8-10(17)5-6-14)9-3-4-11-12(7-9)19-13(18)16(11)2/h3-4,7,10,17H,5-6,8,14H2,1-2H3. The van der Waals surface area contributed by atoms with E-state index in [1.807, 2.05) is 24.1 Å². The summed E-state index contributed by atoms with van der Waals surface area (Å²) in [7, 11) is 3.55. The molecule has 1 unspecified atom stereocenters. The van der Waals surface area contributed by atoms with E-state index in [1.54, 1.807) is 13.1 Å². The third-order valence-corrected chi connectivity index (χ3v) is 3.20. The van der Waals surface area contributed by atoms with Gasteiger partial charge in [-0.1, -0.05) is 0 Å². The fourth-order valence-electron chi connectivity index (χ4n) is 2.07. The Morgan fingerprint density at radius 3 is 2.95 bits per heavy atom. The van der Waals surface area contributed by atoms with Crippen LogP contribution in [0.25, 0.3) is 11.1 Å². The van der Waals surface area contributed by atoms with Gasteiger partial charge >= 0.3 is 5.76 Å². The smallest absolute Gasteiger partial charge is 0.408 e. The van der Waals surface area contributed by atoms with Gasteiger partial charge in [0.15, 0.2) is 5.58 Å². The van der Waals surface area contributed by atoms with Gasteiger partial charge < -0.3 is 20.2 Å². The molecule has 2 aromatic rings. The SMILES string of the molecule is CN(CC(O)CCN)c1ccc2c(c1)oc(=O)n2C. The van der Waals surface area contributed by atoms with Crippen molar-refractivity contribution in [3.05, 3.63) is 28.7 Å². The normalized spacial score (nSPS) is 12.8. The Balaban J connectivity index is 2.23. The molecule has 0 aliphatic heterocycles. The van der Waals surface area contributed by atoms with E-state index in [9.17, 15) is 9.90 Å². The Kier molecular flexibility index (Phi) is 3.92. The molecule has 0 bridgehead atoms. The zero-order chi connectivity index (χ0) is 14.0. The van der Waals surface area contributed by atoms with Crippen LogP contribution in [0.5, 0.6) is 0 Å². The summed E-state index contributed by atoms with van der Waals surface area (Å²) < 4.78 is 6.60. The first kappa shape index (κ1) is 13.6. The monoisotopic (exact) mass is 265 g/mol. The average molecular weight is 265 g/mol. The lowest BCUT2D eigenvalue weighted by Gasteiger charge is -2.22. The van der Waals surface area contributed by atoms with Crippen LogP contribution in [0.1, 0.15) is 6.42 Å². The molecule has 3 N–H and O–H groups in total. The molecule has 1 aromatic carbocycles. The summed E-state index contributed by atoms with van der Waals surface area (Å²) in [6.07, 6.45) is 0.0981. The Bertz CT molecular complexity index is 617. The molecule has 1 atom stereocenters. The minimum Gasteiger partial charge on any atom is -0.408 e. The van der Waals surface area contributed by atoms with Crippen LogP contribution in [0, 0.1) is 0 Å². The number of hydrogen-bond acceptors (Lipinski definition) is 5. The Morgan fingerprint density at radius 1 is 1.53 bits per heavy atom. The lowest BCUT2D eigenvalue weighted by Crippen LogP contribution is -2.30. The van der Waals surface area contributed by atoms with Crippen molar-refractivity contribution in [3.8, 4) is 0 Å². The summed E-state index contributed by atoms with van der Waals surface area (Å²) in [4.78, 5) is 13.3. The molecule has 19 heavy (non-hydrogen) atoms. The van der Waals surface area contributed by atoms with Crippen LogP contribution >= 0.6 is 0 Å². The summed E-state index contributed by atoms with van der Waals surface area (Å²) >= 11 is 0. The highest BCUT2D eigenvalue weighted by molar-refractivity contribution is 5.77. The summed E-state index contributed by atoms with van der Waals surface area (Å²) in [6.45, 7) is 0.946. The van der Waals surface area contributed by atoms with Gasteiger partial charge in [0.2, 0.25) is 0 Å². The van der Waals surface area contributed by atoms with Crippen molar-refractivity contribution in [1.29, 1.82) is 0 Å². The third kappa shape index (κ3) is 2.80. The van der Waals surface area contributed by atoms with Crippen molar-refractivity contribution in [2.45, 2.75) is 12.5 Å². The molecule has 6 nitrogen and oxygen atoms in total. The number of rotatable bonds is 5. The quantitative estimate of drug-likeness (QED) is 0.811. The minimum atomic E-state index is -0.464. The van der Waals surface area contributed by atoms with Gasteiger partial charge in [-0.25, -0.2) is 4.79 Å². The number of nitrogens with two attached hydrogens (primary N) is 1. The number of aryl methyl sites for hydroxylation is 1. The van der Waals surface area contributed by atoms with Gasteiger partial charge in [-0.05, 0) is 25.1 Å². The maximum absolute atomic E-state index is 11.4. The summed E-state index contributed by atoms with van der Waals surface area (Å²) in [5, 5.41) is 9.74. The predicted molar refractivity (Wildman–Crippen MR) is 74.4 cm³/mol. The number of hydrogen-bond donors (Lipinski definition) is 2. The molecule has 0 fully saturated rings. The van der Waals surface area contributed by atoms with Crippen LogP contribution in [0.15, 0.2) is 27.4 Å². The number of aliphatic hydroxyl groups is 1. The fraction of sp³-hybridized carbons (Fsp3) is 0.462. The number of aromatic nitrogens is 1. The van der Waals surface area contributed by atoms with Crippen molar-refractivity contribution in [2.75, 3.05) is 25.0 Å². The van der Waals surface area contributed by atoms with Crippen LogP contribution in [0.3, 0.4) is 0 Å². The van der Waals surface area contributed by atoms with Crippen LogP contribution in [0.2, 0.25) is 0 Å². The predicted octanol–water partition coefficient (Wildman–Crippen LogP) is 0.277. The number of anilines is 1. The average Bonchev–Trinajstić information content (AvgIpc) is 2.65. The molecule has 0 amide bonds. The molecule has 2 rings (SSSR count). The Hall–Kier alpha value is -1.79. The number of benzene rings is 1. The maximum atomic E-state index is 11.4. The van der Waals surface area contributed by atoms with Gasteiger partial charge in [-0.15, -0.1) is 0 Å². The van der Waals surface area contributed by atoms with Gasteiger partial charge in [0.05, 0.1) is 11.6 Å². The Morgan fingerprint density at radius 2 is 2.26 bits per heavy atom. The molecule has 0 saturated carbocycles. The molecule has 0 aliphatic rings. The largest absolute Gasteiger partial charge is 0.419 e. The third-order valence-electron chi connectivity index (χ3n) is 3.20. The molecule has 104 valence electrons. The number of fused-ring (bicyclic) bond motifs is 1. The van der Waals surface area contributed by atoms with E-state index >= 15 is 0 Å². The Labute approximate surface area is 111 Å². The van der Waals surface area contributed by atoms with E-state index in [-0.39, 0.29) is 5.76 Å². The first-order valence-electron chi connectivity index (χ1n) is 6.21. The number of aliphatic hydroxyl groups excluding tert-OH is 1. The van der Waals surface area contributed by atoms with E-state index < -0.39 is 6.10 Å². The molecule has 1 aromatic heterocycles. The van der Waals surface area contributed by atoms with E-state index in [4.69, 9.17) is 10.2 Å². The zero-order valence-electron chi connectivity index (χ0n) is 11.2. The molecular weight excluding hydrogens is 246 g/mol. The van der Waals surface area contributed by atoms with Crippen molar-refractivity contribution < 1.29 is 9.52 Å². The molecule has 1 heterocycles. The van der Waals surface area contributed by atoms with Gasteiger partial charge in [0.25, 0.3) is 0 Å². The number of likely N-dealkylation sites (N-methyl/N-ethyl adjacent to an activating group) is 1. The van der Waals surface area contributed by atoms with Crippen molar-refractivity contribution in [3.63, 3.8) is 0 Å². The molecule has 0 spiro atoms. The number of oxazole rings is 1. The van der Waals surface area contributed by atoms with Gasteiger partial charge in [-0.2, -0.15) is 0 Å². The van der Waals surface area contributed by atoms with Crippen molar-refractivity contribution in [1.82, 2.24) is 4.57 Å². The molecular formula is C13H19N3O3. The highest BCUT2D eigenvalue weighted by atomic mass is 16.4. The lowest BCUT2D eigenvalue weighted by atomic mass is 10.2. The van der Waals surface area contributed by atoms with Gasteiger partial charge in [-0.3, -0.25) is 4.57 Å². The molecule has 0 saturated heterocycles. The second-order valence-electron chi connectivity index (χ2n) is 4.69. The molecule has 0 radical (unpaired) electrons. The van der Waals surface area contributed by atoms with Crippen molar-refractivity contribution in [2.24, 2.45) is 12.8 Å². The van der Waals surface area contributed by atoms with Crippen molar-refractivity contribution >= 4 is 16.8 Å². The van der Waals surface area contributed by atoms with Crippen LogP contribution in [0.4, 0.5) is 5.69 Å². The fourth-order valence-corrected chi connectivity index (χ4v) is 2.07. The van der Waals surface area contributed by atoms with Gasteiger partial charge in [0.1, 0.15) is 0 Å². The second-order valence-corrected chi connectivity index (χ2v) is 4.69. The van der Waals surface area contributed by atoms with Crippen LogP contribution in [-0.4, -0.2) is 35.9 Å². The first-order valence-corrected chi connectivity index (χ1v) is 6.21. The number of nitrogens with zero attached hydrogens (tertiary/aromatic N) is 2. The minimum absolute atomic E-state index is 0.377. The van der Waals surface area contributed by atoms with Crippen LogP contribution in [-0.2, 0) is 7.05 Å². The topological polar surface area (TPSA) is 84.6 Å². The van der Waals surface area contributed by atoms with E-state index in [0.717, 1.165) is 11.2 Å². The summed E-state index contributed by atoms with van der Waals surface area (Å²) in [5.74, 6) is -0.377. The highest BCUT2D eigenvalue weighted by Gasteiger charge is 2.11. The zero-order valence-corrected chi connectivity index (χ0v) is 11.2. The van der Waals surface area contributed by atoms with E-state index in [2.05, 4.69) is 0 Å². The van der Waals surface area contributed by atoms with Gasteiger partial charge in [0, 0.05) is 32.4 Å². The summed E-state index contributed by atoms with van der Waals surface area (Å²) in [6, 6.07) is 5.53. The first-order chi connectivity index (χ1) is 9.02. The van der Waals surface area contributed by atoms with E-state index in [0.29, 0.717) is 25.1 Å².